The van der Waals surface area contributed by atoms with E-state index in [9.17, 15) is 8.42 Å². The third-order valence-electron chi connectivity index (χ3n) is 2.87. The van der Waals surface area contributed by atoms with Crippen LogP contribution < -0.4 is 10.5 Å². The number of nitrogens with zero attached hydrogens (tertiary/aromatic N) is 1. The highest BCUT2D eigenvalue weighted by atomic mass is 32.2. The maximum absolute atomic E-state index is 11.1. The summed E-state index contributed by atoms with van der Waals surface area (Å²) in [4.78, 5) is 1.92. The lowest BCUT2D eigenvalue weighted by atomic mass is 10.1. The van der Waals surface area contributed by atoms with Crippen molar-refractivity contribution < 1.29 is 13.2 Å². The van der Waals surface area contributed by atoms with Crippen molar-refractivity contribution in [2.45, 2.75) is 6.04 Å². The van der Waals surface area contributed by atoms with Gasteiger partial charge in [-0.1, -0.05) is 12.1 Å². The van der Waals surface area contributed by atoms with E-state index in [1.807, 2.05) is 36.2 Å². The molecule has 19 heavy (non-hydrogen) atoms. The number of ether oxygens (including phenoxy) is 1. The molecule has 0 saturated heterocycles. The summed E-state index contributed by atoms with van der Waals surface area (Å²) in [5, 5.41) is 0. The standard InChI is InChI=1S/C13H22N2O3S/c1-15(7-8-19(3,16)17)10-13(14)11-5-4-6-12(9-11)18-2/h4-6,9,13H,7-8,10,14H2,1-3H3. The van der Waals surface area contributed by atoms with Gasteiger partial charge in [0, 0.05) is 25.4 Å². The Hall–Kier alpha value is -1.11. The lowest BCUT2D eigenvalue weighted by Crippen LogP contribution is -2.32. The minimum absolute atomic E-state index is 0.147. The zero-order chi connectivity index (χ0) is 14.5. The molecule has 108 valence electrons. The first kappa shape index (κ1) is 15.9. The Bertz CT molecular complexity index is 502. The van der Waals surface area contributed by atoms with Crippen molar-refractivity contribution in [2.75, 3.05) is 39.3 Å². The molecule has 0 heterocycles. The summed E-state index contributed by atoms with van der Waals surface area (Å²) in [6.45, 7) is 1.08. The molecule has 0 saturated carbocycles. The third kappa shape index (κ3) is 6.04. The average molecular weight is 286 g/mol. The number of sulfone groups is 1. The lowest BCUT2D eigenvalue weighted by Gasteiger charge is -2.21. The lowest BCUT2D eigenvalue weighted by molar-refractivity contribution is 0.329. The second-order valence-electron chi connectivity index (χ2n) is 4.78. The second kappa shape index (κ2) is 6.88. The van der Waals surface area contributed by atoms with Crippen LogP contribution in [0.1, 0.15) is 11.6 Å². The third-order valence-corrected chi connectivity index (χ3v) is 3.80. The van der Waals surface area contributed by atoms with Gasteiger partial charge in [-0.2, -0.15) is 0 Å². The summed E-state index contributed by atoms with van der Waals surface area (Å²) < 4.78 is 27.4. The van der Waals surface area contributed by atoms with Crippen molar-refractivity contribution in [1.82, 2.24) is 4.90 Å². The number of likely N-dealkylation sites (N-methyl/N-ethyl adjacent to an activating group) is 1. The van der Waals surface area contributed by atoms with Crippen LogP contribution in [0.15, 0.2) is 24.3 Å². The highest BCUT2D eigenvalue weighted by molar-refractivity contribution is 7.90. The normalized spacial score (nSPS) is 13.5. The first-order valence-electron chi connectivity index (χ1n) is 6.07. The number of rotatable bonds is 7. The zero-order valence-electron chi connectivity index (χ0n) is 11.7. The minimum atomic E-state index is -2.93. The van der Waals surface area contributed by atoms with Gasteiger partial charge >= 0.3 is 0 Å². The summed E-state index contributed by atoms with van der Waals surface area (Å²) in [6, 6.07) is 7.43. The topological polar surface area (TPSA) is 72.6 Å². The quantitative estimate of drug-likeness (QED) is 0.797. The number of hydrogen-bond acceptors (Lipinski definition) is 5. The highest BCUT2D eigenvalue weighted by Gasteiger charge is 2.12. The summed E-state index contributed by atoms with van der Waals surface area (Å²) in [6.07, 6.45) is 1.24. The fourth-order valence-corrected chi connectivity index (χ4v) is 2.37. The number of benzene rings is 1. The molecule has 0 amide bonds. The SMILES string of the molecule is COc1cccc(C(N)CN(C)CCS(C)(=O)=O)c1. The summed E-state index contributed by atoms with van der Waals surface area (Å²) in [7, 11) is 0.547. The average Bonchev–Trinajstić information content (AvgIpc) is 2.35. The van der Waals surface area contributed by atoms with Crippen molar-refractivity contribution in [3.05, 3.63) is 29.8 Å². The Morgan fingerprint density at radius 3 is 2.68 bits per heavy atom. The fourth-order valence-electron chi connectivity index (χ4n) is 1.73. The van der Waals surface area contributed by atoms with Crippen molar-refractivity contribution in [3.8, 4) is 5.75 Å². The van der Waals surface area contributed by atoms with Gasteiger partial charge in [-0.3, -0.25) is 0 Å². The van der Waals surface area contributed by atoms with E-state index in [1.165, 1.54) is 6.26 Å². The predicted octanol–water partition coefficient (Wildman–Crippen LogP) is 0.671. The monoisotopic (exact) mass is 286 g/mol. The Kier molecular flexibility index (Phi) is 5.78. The molecule has 1 atom stereocenters. The van der Waals surface area contributed by atoms with Gasteiger partial charge in [0.15, 0.2) is 0 Å². The molecular formula is C13H22N2O3S. The maximum atomic E-state index is 11.1. The smallest absolute Gasteiger partial charge is 0.148 e. The van der Waals surface area contributed by atoms with Gasteiger partial charge in [0.05, 0.1) is 12.9 Å². The van der Waals surface area contributed by atoms with E-state index < -0.39 is 9.84 Å². The fraction of sp³-hybridized carbons (Fsp3) is 0.538. The maximum Gasteiger partial charge on any atom is 0.148 e. The first-order chi connectivity index (χ1) is 8.81. The molecule has 0 radical (unpaired) electrons. The van der Waals surface area contributed by atoms with Crippen molar-refractivity contribution in [1.29, 1.82) is 0 Å². The molecule has 0 aliphatic heterocycles. The molecule has 1 unspecified atom stereocenters. The van der Waals surface area contributed by atoms with Crippen LogP contribution in [0.5, 0.6) is 5.75 Å². The van der Waals surface area contributed by atoms with Crippen LogP contribution in [0.3, 0.4) is 0 Å². The van der Waals surface area contributed by atoms with E-state index in [1.54, 1.807) is 7.11 Å². The molecule has 0 fully saturated rings. The van der Waals surface area contributed by atoms with E-state index in [-0.39, 0.29) is 11.8 Å². The van der Waals surface area contributed by atoms with Crippen LogP contribution in [0, 0.1) is 0 Å². The van der Waals surface area contributed by atoms with Crippen LogP contribution in [-0.2, 0) is 9.84 Å². The van der Waals surface area contributed by atoms with Gasteiger partial charge in [0.1, 0.15) is 15.6 Å². The molecule has 0 spiro atoms. The molecule has 1 rings (SSSR count). The summed E-state index contributed by atoms with van der Waals surface area (Å²) in [5.74, 6) is 0.917. The van der Waals surface area contributed by atoms with Crippen LogP contribution >= 0.6 is 0 Å². The van der Waals surface area contributed by atoms with Gasteiger partial charge in [0.2, 0.25) is 0 Å². The van der Waals surface area contributed by atoms with Gasteiger partial charge in [-0.25, -0.2) is 8.42 Å². The van der Waals surface area contributed by atoms with Crippen LogP contribution in [0.25, 0.3) is 0 Å². The second-order valence-corrected chi connectivity index (χ2v) is 7.03. The molecule has 2 N–H and O–H groups in total. The van der Waals surface area contributed by atoms with E-state index >= 15 is 0 Å². The van der Waals surface area contributed by atoms with Crippen molar-refractivity contribution in [3.63, 3.8) is 0 Å². The van der Waals surface area contributed by atoms with Gasteiger partial charge in [0.25, 0.3) is 0 Å². The number of nitrogens with two attached hydrogens (primary N) is 1. The molecule has 1 aromatic carbocycles. The van der Waals surface area contributed by atoms with Crippen LogP contribution in [-0.4, -0.2) is 52.6 Å². The van der Waals surface area contributed by atoms with Crippen molar-refractivity contribution >= 4 is 9.84 Å². The van der Waals surface area contributed by atoms with Gasteiger partial charge in [-0.05, 0) is 24.7 Å². The van der Waals surface area contributed by atoms with E-state index in [0.29, 0.717) is 13.1 Å². The van der Waals surface area contributed by atoms with Gasteiger partial charge in [-0.15, -0.1) is 0 Å². The molecule has 6 heteroatoms. The molecule has 0 aliphatic carbocycles. The van der Waals surface area contributed by atoms with Crippen LogP contribution in [0.2, 0.25) is 0 Å². The molecule has 0 aliphatic rings. The largest absolute Gasteiger partial charge is 0.497 e. The minimum Gasteiger partial charge on any atom is -0.497 e. The van der Waals surface area contributed by atoms with Crippen LogP contribution in [0.4, 0.5) is 0 Å². The van der Waals surface area contributed by atoms with E-state index in [2.05, 4.69) is 0 Å². The Balaban J connectivity index is 2.56. The molecule has 5 nitrogen and oxygen atoms in total. The zero-order valence-corrected chi connectivity index (χ0v) is 12.5. The highest BCUT2D eigenvalue weighted by Crippen LogP contribution is 2.18. The summed E-state index contributed by atoms with van der Waals surface area (Å²) >= 11 is 0. The Morgan fingerprint density at radius 1 is 1.42 bits per heavy atom. The molecule has 1 aromatic rings. The number of hydrogen-bond donors (Lipinski definition) is 1. The molecule has 0 aromatic heterocycles. The molecular weight excluding hydrogens is 264 g/mol. The Morgan fingerprint density at radius 2 is 2.11 bits per heavy atom. The summed E-state index contributed by atoms with van der Waals surface area (Å²) in [5.41, 5.74) is 7.09. The Labute approximate surface area is 115 Å². The van der Waals surface area contributed by atoms with E-state index in [4.69, 9.17) is 10.5 Å². The van der Waals surface area contributed by atoms with Crippen molar-refractivity contribution in [2.24, 2.45) is 5.73 Å². The molecule has 0 bridgehead atoms. The number of methoxy groups -OCH3 is 1. The predicted molar refractivity (Wildman–Crippen MR) is 77.1 cm³/mol. The van der Waals surface area contributed by atoms with Gasteiger partial charge < -0.3 is 15.4 Å². The van der Waals surface area contributed by atoms with E-state index in [0.717, 1.165) is 11.3 Å². The first-order valence-corrected chi connectivity index (χ1v) is 8.13.